The zero-order chi connectivity index (χ0) is 10.6. The highest BCUT2D eigenvalue weighted by Crippen LogP contribution is 2.18. The molecule has 1 N–H and O–H groups in total. The number of carbonyl (C=O) groups excluding carboxylic acids is 1. The van der Waals surface area contributed by atoms with Gasteiger partial charge in [0.25, 0.3) is 5.91 Å². The van der Waals surface area contributed by atoms with Gasteiger partial charge in [0.15, 0.2) is 0 Å². The third kappa shape index (κ3) is 2.33. The van der Waals surface area contributed by atoms with Gasteiger partial charge in [-0.1, -0.05) is 6.92 Å². The van der Waals surface area contributed by atoms with Gasteiger partial charge in [-0.3, -0.25) is 4.79 Å². The molecule has 3 nitrogen and oxygen atoms in total. The van der Waals surface area contributed by atoms with Crippen LogP contribution in [0, 0.1) is 0 Å². The van der Waals surface area contributed by atoms with Crippen LogP contribution in [0.5, 0.6) is 0 Å². The normalized spacial score (nSPS) is 10.2. The molecule has 0 aromatic carbocycles. The van der Waals surface area contributed by atoms with Crippen molar-refractivity contribution in [3.05, 3.63) is 21.9 Å². The van der Waals surface area contributed by atoms with Crippen molar-refractivity contribution in [2.75, 3.05) is 20.2 Å². The second kappa shape index (κ2) is 5.12. The Balaban J connectivity index is 2.78. The van der Waals surface area contributed by atoms with Gasteiger partial charge in [-0.25, -0.2) is 0 Å². The summed E-state index contributed by atoms with van der Waals surface area (Å²) in [6.07, 6.45) is 0.873. The second-order valence-electron chi connectivity index (χ2n) is 3.08. The Morgan fingerprint density at radius 1 is 1.64 bits per heavy atom. The lowest BCUT2D eigenvalue weighted by Gasteiger charge is -2.15. The van der Waals surface area contributed by atoms with E-state index in [0.717, 1.165) is 16.9 Å². The minimum Gasteiger partial charge on any atom is -0.395 e. The van der Waals surface area contributed by atoms with Crippen LogP contribution in [0.2, 0.25) is 0 Å². The second-order valence-corrected chi connectivity index (χ2v) is 3.99. The van der Waals surface area contributed by atoms with Crippen LogP contribution in [0.25, 0.3) is 0 Å². The molecule has 1 aromatic heterocycles. The number of hydrogen-bond donors (Lipinski definition) is 1. The molecule has 0 spiro atoms. The molecule has 1 amide bonds. The van der Waals surface area contributed by atoms with Crippen molar-refractivity contribution in [3.8, 4) is 0 Å². The fourth-order valence-corrected chi connectivity index (χ4v) is 2.22. The van der Waals surface area contributed by atoms with E-state index in [9.17, 15) is 4.79 Å². The maximum absolute atomic E-state index is 11.8. The van der Waals surface area contributed by atoms with E-state index in [0.29, 0.717) is 6.54 Å². The van der Waals surface area contributed by atoms with E-state index in [1.54, 1.807) is 11.9 Å². The van der Waals surface area contributed by atoms with Crippen LogP contribution < -0.4 is 0 Å². The number of rotatable bonds is 4. The predicted octanol–water partition coefficient (Wildman–Crippen LogP) is 1.37. The maximum atomic E-state index is 11.8. The van der Waals surface area contributed by atoms with Crippen molar-refractivity contribution in [1.29, 1.82) is 0 Å². The zero-order valence-electron chi connectivity index (χ0n) is 8.49. The van der Waals surface area contributed by atoms with Crippen LogP contribution in [0.3, 0.4) is 0 Å². The molecule has 14 heavy (non-hydrogen) atoms. The van der Waals surface area contributed by atoms with E-state index in [1.807, 2.05) is 18.4 Å². The lowest BCUT2D eigenvalue weighted by Crippen LogP contribution is -2.29. The van der Waals surface area contributed by atoms with E-state index in [-0.39, 0.29) is 12.5 Å². The van der Waals surface area contributed by atoms with Crippen LogP contribution in [0.1, 0.15) is 22.2 Å². The molecule has 0 radical (unpaired) electrons. The molecule has 1 heterocycles. The van der Waals surface area contributed by atoms with Crippen LogP contribution in [0.15, 0.2) is 11.4 Å². The minimum atomic E-state index is 0.00546. The molecular formula is C10H15NO2S. The van der Waals surface area contributed by atoms with Crippen molar-refractivity contribution in [3.63, 3.8) is 0 Å². The van der Waals surface area contributed by atoms with Crippen LogP contribution >= 0.6 is 11.3 Å². The number of hydrogen-bond acceptors (Lipinski definition) is 3. The molecular weight excluding hydrogens is 198 g/mol. The minimum absolute atomic E-state index is 0.00546. The number of likely N-dealkylation sites (N-methyl/N-ethyl adjacent to an activating group) is 1. The Kier molecular flexibility index (Phi) is 4.10. The van der Waals surface area contributed by atoms with Crippen molar-refractivity contribution in [2.24, 2.45) is 0 Å². The first-order chi connectivity index (χ1) is 6.70. The number of amides is 1. The first-order valence-electron chi connectivity index (χ1n) is 4.63. The molecule has 0 saturated carbocycles. The van der Waals surface area contributed by atoms with Crippen molar-refractivity contribution in [1.82, 2.24) is 4.90 Å². The number of aliphatic hydroxyl groups excluding tert-OH is 1. The lowest BCUT2D eigenvalue weighted by molar-refractivity contribution is 0.0771. The van der Waals surface area contributed by atoms with Gasteiger partial charge in [0.05, 0.1) is 11.5 Å². The highest BCUT2D eigenvalue weighted by atomic mass is 32.1. The van der Waals surface area contributed by atoms with Gasteiger partial charge in [0.1, 0.15) is 0 Å². The van der Waals surface area contributed by atoms with Crippen LogP contribution in [-0.4, -0.2) is 36.1 Å². The summed E-state index contributed by atoms with van der Waals surface area (Å²) in [5.41, 5.74) is 1.09. The van der Waals surface area contributed by atoms with Gasteiger partial charge in [-0.15, -0.1) is 11.3 Å². The molecule has 0 atom stereocenters. The van der Waals surface area contributed by atoms with E-state index in [1.165, 1.54) is 11.3 Å². The van der Waals surface area contributed by atoms with Gasteiger partial charge in [0, 0.05) is 13.6 Å². The molecule has 0 bridgehead atoms. The summed E-state index contributed by atoms with van der Waals surface area (Å²) >= 11 is 1.46. The molecule has 0 fully saturated rings. The van der Waals surface area contributed by atoms with Gasteiger partial charge in [0.2, 0.25) is 0 Å². The zero-order valence-corrected chi connectivity index (χ0v) is 9.30. The topological polar surface area (TPSA) is 40.5 Å². The SMILES string of the molecule is CCc1ccsc1C(=O)N(C)CCO. The van der Waals surface area contributed by atoms with Crippen LogP contribution in [-0.2, 0) is 6.42 Å². The largest absolute Gasteiger partial charge is 0.395 e. The summed E-state index contributed by atoms with van der Waals surface area (Å²) in [6.45, 7) is 2.43. The van der Waals surface area contributed by atoms with E-state index >= 15 is 0 Å². The first kappa shape index (κ1) is 11.2. The third-order valence-corrected chi connectivity index (χ3v) is 3.05. The summed E-state index contributed by atoms with van der Waals surface area (Å²) in [7, 11) is 1.71. The summed E-state index contributed by atoms with van der Waals surface area (Å²) in [4.78, 5) is 14.1. The molecule has 4 heteroatoms. The standard InChI is InChI=1S/C10H15NO2S/c1-3-8-4-7-14-9(8)10(13)11(2)5-6-12/h4,7,12H,3,5-6H2,1-2H3. The van der Waals surface area contributed by atoms with Gasteiger partial charge in [-0.05, 0) is 23.4 Å². The number of aliphatic hydroxyl groups is 1. The Hall–Kier alpha value is -0.870. The Morgan fingerprint density at radius 2 is 2.36 bits per heavy atom. The maximum Gasteiger partial charge on any atom is 0.264 e. The summed E-state index contributed by atoms with van der Waals surface area (Å²) < 4.78 is 0. The predicted molar refractivity (Wildman–Crippen MR) is 57.7 cm³/mol. The van der Waals surface area contributed by atoms with E-state index in [2.05, 4.69) is 0 Å². The number of aryl methyl sites for hydroxylation is 1. The monoisotopic (exact) mass is 213 g/mol. The average Bonchev–Trinajstić information content (AvgIpc) is 2.64. The molecule has 1 aromatic rings. The first-order valence-corrected chi connectivity index (χ1v) is 5.51. The third-order valence-electron chi connectivity index (χ3n) is 2.10. The fourth-order valence-electron chi connectivity index (χ4n) is 1.23. The molecule has 0 aliphatic rings. The summed E-state index contributed by atoms with van der Waals surface area (Å²) in [5, 5.41) is 10.6. The fraction of sp³-hybridized carbons (Fsp3) is 0.500. The number of thiophene rings is 1. The van der Waals surface area contributed by atoms with E-state index in [4.69, 9.17) is 5.11 Å². The molecule has 0 aliphatic heterocycles. The Morgan fingerprint density at radius 3 is 2.93 bits per heavy atom. The highest BCUT2D eigenvalue weighted by Gasteiger charge is 2.15. The molecule has 0 saturated heterocycles. The Labute approximate surface area is 88.0 Å². The summed E-state index contributed by atoms with van der Waals surface area (Å²) in [6, 6.07) is 1.98. The average molecular weight is 213 g/mol. The molecule has 78 valence electrons. The van der Waals surface area contributed by atoms with Crippen molar-refractivity contribution >= 4 is 17.2 Å². The Bertz CT molecular complexity index is 309. The van der Waals surface area contributed by atoms with Crippen molar-refractivity contribution < 1.29 is 9.90 Å². The smallest absolute Gasteiger partial charge is 0.264 e. The van der Waals surface area contributed by atoms with Crippen LogP contribution in [0.4, 0.5) is 0 Å². The molecule has 1 rings (SSSR count). The van der Waals surface area contributed by atoms with Crippen molar-refractivity contribution in [2.45, 2.75) is 13.3 Å². The van der Waals surface area contributed by atoms with Gasteiger partial charge < -0.3 is 10.0 Å². The lowest BCUT2D eigenvalue weighted by atomic mass is 10.2. The number of nitrogens with zero attached hydrogens (tertiary/aromatic N) is 1. The number of carbonyl (C=O) groups is 1. The van der Waals surface area contributed by atoms with E-state index < -0.39 is 0 Å². The highest BCUT2D eigenvalue weighted by molar-refractivity contribution is 7.12. The van der Waals surface area contributed by atoms with Gasteiger partial charge >= 0.3 is 0 Å². The summed E-state index contributed by atoms with van der Waals surface area (Å²) in [5.74, 6) is 0.00546. The molecule has 0 aliphatic carbocycles. The molecule has 0 unspecified atom stereocenters. The quantitative estimate of drug-likeness (QED) is 0.820. The van der Waals surface area contributed by atoms with Gasteiger partial charge in [-0.2, -0.15) is 0 Å².